The molecule has 6 heteroatoms. The number of hydrogen-bond acceptors (Lipinski definition) is 4. The summed E-state index contributed by atoms with van der Waals surface area (Å²) in [6, 6.07) is 6.76. The zero-order valence-electron chi connectivity index (χ0n) is 21.9. The summed E-state index contributed by atoms with van der Waals surface area (Å²) >= 11 is 0. The number of nitrogens with zero attached hydrogens (tertiary/aromatic N) is 1. The Morgan fingerprint density at radius 2 is 1.48 bits per heavy atom. The molecular formula is C25H48N2O2Si2. The van der Waals surface area contributed by atoms with Crippen LogP contribution in [0.1, 0.15) is 65.1 Å². The minimum atomic E-state index is -1.75. The van der Waals surface area contributed by atoms with Gasteiger partial charge in [0.2, 0.25) is 0 Å². The average Bonchev–Trinajstić information content (AvgIpc) is 2.61. The van der Waals surface area contributed by atoms with Crippen LogP contribution in [0.3, 0.4) is 0 Å². The van der Waals surface area contributed by atoms with Gasteiger partial charge in [-0.1, -0.05) is 53.7 Å². The highest BCUT2D eigenvalue weighted by Gasteiger charge is 2.39. The Morgan fingerprint density at radius 3 is 2.03 bits per heavy atom. The molecule has 0 spiro atoms. The quantitative estimate of drug-likeness (QED) is 0.348. The van der Waals surface area contributed by atoms with Gasteiger partial charge in [-0.05, 0) is 66.3 Å². The Kier molecular flexibility index (Phi) is 8.30. The summed E-state index contributed by atoms with van der Waals surface area (Å²) in [5.74, 6) is 0. The van der Waals surface area contributed by atoms with Gasteiger partial charge in [0, 0.05) is 38.0 Å². The second-order valence-electron chi connectivity index (χ2n) is 12.2. The molecule has 0 fully saturated rings. The van der Waals surface area contributed by atoms with Crippen LogP contribution in [0.4, 0.5) is 5.69 Å². The smallest absolute Gasteiger partial charge is 0.192 e. The summed E-state index contributed by atoms with van der Waals surface area (Å²) in [6.45, 7) is 26.8. The van der Waals surface area contributed by atoms with Crippen LogP contribution in [0.5, 0.6) is 0 Å². The summed E-state index contributed by atoms with van der Waals surface area (Å²) in [7, 11) is -3.48. The number of anilines is 1. The fourth-order valence-electron chi connectivity index (χ4n) is 3.71. The number of benzene rings is 1. The van der Waals surface area contributed by atoms with Crippen LogP contribution in [0.15, 0.2) is 18.2 Å². The lowest BCUT2D eigenvalue weighted by Gasteiger charge is -2.41. The van der Waals surface area contributed by atoms with E-state index in [0.29, 0.717) is 6.04 Å². The van der Waals surface area contributed by atoms with Crippen LogP contribution in [0.25, 0.3) is 0 Å². The highest BCUT2D eigenvalue weighted by atomic mass is 28.4. The highest BCUT2D eigenvalue weighted by molar-refractivity contribution is 6.74. The molecule has 0 saturated heterocycles. The first-order valence-corrected chi connectivity index (χ1v) is 17.8. The van der Waals surface area contributed by atoms with E-state index in [1.54, 1.807) is 0 Å². The minimum Gasteiger partial charge on any atom is -0.417 e. The topological polar surface area (TPSA) is 47.7 Å². The third-order valence-corrected chi connectivity index (χ3v) is 17.1. The lowest BCUT2D eigenvalue weighted by molar-refractivity contribution is 0.123. The molecule has 31 heavy (non-hydrogen) atoms. The number of rotatable bonds is 8. The van der Waals surface area contributed by atoms with Crippen LogP contribution in [-0.4, -0.2) is 47.8 Å². The Morgan fingerprint density at radius 1 is 0.935 bits per heavy atom. The lowest BCUT2D eigenvalue weighted by atomic mass is 9.90. The zero-order chi connectivity index (χ0) is 23.7. The van der Waals surface area contributed by atoms with Gasteiger partial charge in [-0.2, -0.15) is 0 Å². The van der Waals surface area contributed by atoms with Gasteiger partial charge in [0.1, 0.15) is 0 Å². The summed E-state index contributed by atoms with van der Waals surface area (Å²) in [4.78, 5) is 2.60. The van der Waals surface area contributed by atoms with Gasteiger partial charge in [0.15, 0.2) is 16.6 Å². The molecule has 0 amide bonds. The van der Waals surface area contributed by atoms with Crippen LogP contribution in [0.2, 0.25) is 36.3 Å². The fourth-order valence-corrected chi connectivity index (χ4v) is 5.81. The van der Waals surface area contributed by atoms with Gasteiger partial charge in [-0.25, -0.2) is 0 Å². The molecule has 0 aromatic heterocycles. The van der Waals surface area contributed by atoms with Crippen molar-refractivity contribution in [1.29, 1.82) is 0 Å². The first-order valence-electron chi connectivity index (χ1n) is 12.0. The summed E-state index contributed by atoms with van der Waals surface area (Å²) < 4.78 is 13.1. The van der Waals surface area contributed by atoms with Crippen LogP contribution < -0.4 is 5.73 Å². The molecule has 1 unspecified atom stereocenters. The van der Waals surface area contributed by atoms with Crippen LogP contribution in [0, 0.1) is 0 Å². The second kappa shape index (κ2) is 9.68. The molecule has 2 rings (SSSR count). The number of nitrogen functional groups attached to an aromatic ring is 1. The van der Waals surface area contributed by atoms with E-state index in [9.17, 15) is 0 Å². The highest BCUT2D eigenvalue weighted by Crippen LogP contribution is 2.39. The monoisotopic (exact) mass is 464 g/mol. The molecule has 1 atom stereocenters. The van der Waals surface area contributed by atoms with E-state index in [2.05, 4.69) is 84.8 Å². The average molecular weight is 465 g/mol. The normalized spacial score (nSPS) is 18.8. The van der Waals surface area contributed by atoms with Crippen molar-refractivity contribution in [2.75, 3.05) is 32.0 Å². The fraction of sp³-hybridized carbons (Fsp3) is 0.760. The van der Waals surface area contributed by atoms with Crippen molar-refractivity contribution < 1.29 is 8.85 Å². The Hall–Kier alpha value is -0.666. The standard InChI is InChI=1S/C25H48N2O2Si2/c1-24(2,3)30(7,8)28-18-15-23-21-12-11-13-22(26)20(21)14-16-27(23)17-19-29-31(9,10)25(4,5)6/h11-13,23H,14-19,26H2,1-10H3. The van der Waals surface area contributed by atoms with Crippen molar-refractivity contribution in [2.45, 2.75) is 96.7 Å². The molecule has 1 aromatic rings. The minimum absolute atomic E-state index is 0.235. The first-order chi connectivity index (χ1) is 14.1. The molecule has 1 aliphatic heterocycles. The van der Waals surface area contributed by atoms with E-state index in [1.165, 1.54) is 11.1 Å². The Labute approximate surface area is 194 Å². The van der Waals surface area contributed by atoms with E-state index >= 15 is 0 Å². The summed E-state index contributed by atoms with van der Waals surface area (Å²) in [5.41, 5.74) is 10.0. The molecule has 2 N–H and O–H groups in total. The predicted octanol–water partition coefficient (Wildman–Crippen LogP) is 6.60. The molecule has 0 bridgehead atoms. The largest absolute Gasteiger partial charge is 0.417 e. The van der Waals surface area contributed by atoms with Gasteiger partial charge in [-0.15, -0.1) is 0 Å². The van der Waals surface area contributed by atoms with E-state index in [0.717, 1.165) is 44.8 Å². The van der Waals surface area contributed by atoms with Crippen LogP contribution in [-0.2, 0) is 15.3 Å². The molecule has 0 aliphatic carbocycles. The maximum absolute atomic E-state index is 6.55. The predicted molar refractivity (Wildman–Crippen MR) is 140 cm³/mol. The molecular weight excluding hydrogens is 416 g/mol. The van der Waals surface area contributed by atoms with Gasteiger partial charge in [0.05, 0.1) is 0 Å². The van der Waals surface area contributed by atoms with Crippen molar-refractivity contribution in [3.63, 3.8) is 0 Å². The van der Waals surface area contributed by atoms with Gasteiger partial charge in [0.25, 0.3) is 0 Å². The lowest BCUT2D eigenvalue weighted by Crippen LogP contribution is -2.45. The zero-order valence-corrected chi connectivity index (χ0v) is 23.9. The maximum Gasteiger partial charge on any atom is 0.192 e. The summed E-state index contributed by atoms with van der Waals surface area (Å²) in [5, 5.41) is 0.477. The van der Waals surface area contributed by atoms with E-state index < -0.39 is 16.6 Å². The van der Waals surface area contributed by atoms with Gasteiger partial charge in [-0.3, -0.25) is 4.90 Å². The van der Waals surface area contributed by atoms with Crippen molar-refractivity contribution in [3.8, 4) is 0 Å². The van der Waals surface area contributed by atoms with Crippen molar-refractivity contribution in [1.82, 2.24) is 4.90 Å². The first kappa shape index (κ1) is 26.6. The molecule has 4 nitrogen and oxygen atoms in total. The molecule has 0 radical (unpaired) electrons. The Bertz CT molecular complexity index is 736. The van der Waals surface area contributed by atoms with E-state index in [1.807, 2.05) is 6.07 Å². The van der Waals surface area contributed by atoms with Crippen LogP contribution >= 0.6 is 0 Å². The third-order valence-electron chi connectivity index (χ3n) is 8.01. The van der Waals surface area contributed by atoms with Crippen molar-refractivity contribution >= 4 is 22.3 Å². The molecule has 1 aromatic carbocycles. The van der Waals surface area contributed by atoms with Gasteiger partial charge >= 0.3 is 0 Å². The molecule has 1 heterocycles. The molecule has 178 valence electrons. The Balaban J connectivity index is 2.12. The third kappa shape index (κ3) is 6.44. The van der Waals surface area contributed by atoms with E-state index in [4.69, 9.17) is 14.6 Å². The number of nitrogens with two attached hydrogens (primary N) is 1. The number of fused-ring (bicyclic) bond motifs is 1. The number of hydrogen-bond donors (Lipinski definition) is 1. The van der Waals surface area contributed by atoms with Crippen molar-refractivity contribution in [2.24, 2.45) is 0 Å². The molecule has 0 saturated carbocycles. The van der Waals surface area contributed by atoms with Gasteiger partial charge < -0.3 is 14.6 Å². The summed E-state index contributed by atoms with van der Waals surface area (Å²) in [6.07, 6.45) is 2.02. The maximum atomic E-state index is 6.55. The second-order valence-corrected chi connectivity index (χ2v) is 21.8. The van der Waals surface area contributed by atoms with Crippen molar-refractivity contribution in [3.05, 3.63) is 29.3 Å². The van der Waals surface area contributed by atoms with E-state index in [-0.39, 0.29) is 10.1 Å². The molecule has 1 aliphatic rings. The SMILES string of the molecule is CC(C)(C)[Si](C)(C)OCCC1c2cccc(N)c2CCN1CCO[Si](C)(C)C(C)(C)C.